The number of rotatable bonds is 7. The van der Waals surface area contributed by atoms with Crippen LogP contribution < -0.4 is 15.4 Å². The van der Waals surface area contributed by atoms with E-state index in [-0.39, 0.29) is 24.4 Å². The number of piperidine rings is 1. The van der Waals surface area contributed by atoms with E-state index in [4.69, 9.17) is 9.47 Å². The number of benzene rings is 1. The van der Waals surface area contributed by atoms with Crippen LogP contribution >= 0.6 is 12.4 Å². The van der Waals surface area contributed by atoms with Gasteiger partial charge in [0.1, 0.15) is 12.4 Å². The molecule has 1 aromatic carbocycles. The maximum Gasteiger partial charge on any atom is 0.237 e. The fourth-order valence-corrected chi connectivity index (χ4v) is 2.38. The molecule has 0 saturated carbocycles. The van der Waals surface area contributed by atoms with Crippen LogP contribution in [-0.4, -0.2) is 38.8 Å². The van der Waals surface area contributed by atoms with Gasteiger partial charge in [-0.2, -0.15) is 0 Å². The summed E-state index contributed by atoms with van der Waals surface area (Å²) >= 11 is 0. The van der Waals surface area contributed by atoms with E-state index in [2.05, 4.69) is 10.6 Å². The molecule has 1 atom stereocenters. The van der Waals surface area contributed by atoms with Gasteiger partial charge in [-0.05, 0) is 37.1 Å². The fraction of sp³-hybridized carbons (Fsp3) is 0.562. The Kier molecular flexibility index (Phi) is 8.89. The highest BCUT2D eigenvalue weighted by Gasteiger charge is 2.19. The summed E-state index contributed by atoms with van der Waals surface area (Å²) in [7, 11) is 1.65. The molecular formula is C16H25ClN2O3. The number of amides is 1. The van der Waals surface area contributed by atoms with E-state index in [1.54, 1.807) is 7.11 Å². The molecule has 1 aliphatic rings. The van der Waals surface area contributed by atoms with Crippen molar-refractivity contribution in [3.63, 3.8) is 0 Å². The van der Waals surface area contributed by atoms with Crippen molar-refractivity contribution < 1.29 is 14.3 Å². The minimum atomic E-state index is -0.0418. The molecule has 0 spiro atoms. The second-order valence-electron chi connectivity index (χ2n) is 5.21. The van der Waals surface area contributed by atoms with Crippen LogP contribution in [0.5, 0.6) is 5.75 Å². The molecule has 2 N–H and O–H groups in total. The van der Waals surface area contributed by atoms with Gasteiger partial charge < -0.3 is 20.1 Å². The molecule has 1 heterocycles. The normalized spacial score (nSPS) is 17.4. The number of hydrogen-bond acceptors (Lipinski definition) is 4. The number of nitrogens with one attached hydrogen (secondary N) is 2. The second-order valence-corrected chi connectivity index (χ2v) is 5.21. The summed E-state index contributed by atoms with van der Waals surface area (Å²) in [6.45, 7) is 2.55. The Balaban J connectivity index is 0.00000242. The molecule has 0 aromatic heterocycles. The lowest BCUT2D eigenvalue weighted by Gasteiger charge is -2.22. The van der Waals surface area contributed by atoms with Crippen LogP contribution in [0.1, 0.15) is 24.8 Å². The SMILES string of the molecule is COCCOc1cccc(CNC(=O)C2CCCCN2)c1.Cl. The van der Waals surface area contributed by atoms with Crippen LogP contribution in [0.3, 0.4) is 0 Å². The Morgan fingerprint density at radius 1 is 1.36 bits per heavy atom. The first-order chi connectivity index (χ1) is 10.3. The highest BCUT2D eigenvalue weighted by molar-refractivity contribution is 5.85. The van der Waals surface area contributed by atoms with E-state index in [0.29, 0.717) is 19.8 Å². The molecular weight excluding hydrogens is 304 g/mol. The Morgan fingerprint density at radius 2 is 2.23 bits per heavy atom. The van der Waals surface area contributed by atoms with E-state index in [1.165, 1.54) is 0 Å². The summed E-state index contributed by atoms with van der Waals surface area (Å²) in [6, 6.07) is 7.73. The van der Waals surface area contributed by atoms with Crippen molar-refractivity contribution in [1.82, 2.24) is 10.6 Å². The van der Waals surface area contributed by atoms with Gasteiger partial charge in [0, 0.05) is 13.7 Å². The average Bonchev–Trinajstić information content (AvgIpc) is 2.54. The van der Waals surface area contributed by atoms with Gasteiger partial charge in [-0.25, -0.2) is 0 Å². The van der Waals surface area contributed by atoms with Crippen molar-refractivity contribution in [2.45, 2.75) is 31.8 Å². The molecule has 124 valence electrons. The highest BCUT2D eigenvalue weighted by atomic mass is 35.5. The van der Waals surface area contributed by atoms with Gasteiger partial charge in [0.25, 0.3) is 0 Å². The summed E-state index contributed by atoms with van der Waals surface area (Å²) < 4.78 is 10.5. The van der Waals surface area contributed by atoms with E-state index < -0.39 is 0 Å². The molecule has 1 saturated heterocycles. The Morgan fingerprint density at radius 3 is 2.95 bits per heavy atom. The van der Waals surface area contributed by atoms with Crippen LogP contribution in [0, 0.1) is 0 Å². The summed E-state index contributed by atoms with van der Waals surface area (Å²) in [5.74, 6) is 0.884. The van der Waals surface area contributed by atoms with Crippen LogP contribution in [0.4, 0.5) is 0 Å². The van der Waals surface area contributed by atoms with E-state index in [0.717, 1.165) is 37.1 Å². The molecule has 1 amide bonds. The largest absolute Gasteiger partial charge is 0.491 e. The lowest BCUT2D eigenvalue weighted by atomic mass is 10.0. The Bertz CT molecular complexity index is 451. The molecule has 2 rings (SSSR count). The summed E-state index contributed by atoms with van der Waals surface area (Å²) in [4.78, 5) is 12.0. The second kappa shape index (κ2) is 10.4. The average molecular weight is 329 g/mol. The van der Waals surface area contributed by atoms with Crippen LogP contribution in [0.15, 0.2) is 24.3 Å². The maximum atomic E-state index is 12.0. The Labute approximate surface area is 138 Å². The summed E-state index contributed by atoms with van der Waals surface area (Å²) in [5, 5.41) is 6.23. The first-order valence-corrected chi connectivity index (χ1v) is 7.51. The third kappa shape index (κ3) is 6.22. The predicted octanol–water partition coefficient (Wildman–Crippen LogP) is 1.89. The van der Waals surface area contributed by atoms with Gasteiger partial charge in [0.05, 0.1) is 12.6 Å². The monoisotopic (exact) mass is 328 g/mol. The van der Waals surface area contributed by atoms with Crippen LogP contribution in [0.2, 0.25) is 0 Å². The number of methoxy groups -OCH3 is 1. The number of halogens is 1. The molecule has 5 nitrogen and oxygen atoms in total. The van der Waals surface area contributed by atoms with Gasteiger partial charge >= 0.3 is 0 Å². The van der Waals surface area contributed by atoms with Crippen molar-refractivity contribution in [3.8, 4) is 5.75 Å². The molecule has 22 heavy (non-hydrogen) atoms. The zero-order valence-electron chi connectivity index (χ0n) is 13.0. The van der Waals surface area contributed by atoms with Gasteiger partial charge in [-0.15, -0.1) is 12.4 Å². The third-order valence-electron chi connectivity index (χ3n) is 3.55. The van der Waals surface area contributed by atoms with Crippen molar-refractivity contribution in [2.24, 2.45) is 0 Å². The van der Waals surface area contributed by atoms with Crippen molar-refractivity contribution >= 4 is 18.3 Å². The third-order valence-corrected chi connectivity index (χ3v) is 3.55. The van der Waals surface area contributed by atoms with Crippen molar-refractivity contribution in [2.75, 3.05) is 26.9 Å². The lowest BCUT2D eigenvalue weighted by molar-refractivity contribution is -0.123. The zero-order chi connectivity index (χ0) is 14.9. The van der Waals surface area contributed by atoms with Gasteiger partial charge in [-0.1, -0.05) is 18.6 Å². The van der Waals surface area contributed by atoms with E-state index in [9.17, 15) is 4.79 Å². The highest BCUT2D eigenvalue weighted by Crippen LogP contribution is 2.13. The molecule has 0 bridgehead atoms. The Hall–Kier alpha value is -1.30. The van der Waals surface area contributed by atoms with Crippen molar-refractivity contribution in [1.29, 1.82) is 0 Å². The molecule has 6 heteroatoms. The topological polar surface area (TPSA) is 59.6 Å². The number of ether oxygens (including phenoxy) is 2. The smallest absolute Gasteiger partial charge is 0.237 e. The fourth-order valence-electron chi connectivity index (χ4n) is 2.38. The number of carbonyl (C=O) groups is 1. The first-order valence-electron chi connectivity index (χ1n) is 7.51. The first kappa shape index (κ1) is 18.7. The van der Waals surface area contributed by atoms with Gasteiger partial charge in [0.15, 0.2) is 0 Å². The minimum absolute atomic E-state index is 0. The quantitative estimate of drug-likeness (QED) is 0.750. The molecule has 1 aromatic rings. The summed E-state index contributed by atoms with van der Waals surface area (Å²) in [6.07, 6.45) is 3.20. The van der Waals surface area contributed by atoms with Gasteiger partial charge in [-0.3, -0.25) is 4.79 Å². The van der Waals surface area contributed by atoms with Gasteiger partial charge in [0.2, 0.25) is 5.91 Å². The zero-order valence-corrected chi connectivity index (χ0v) is 13.8. The maximum absolute atomic E-state index is 12.0. The molecule has 1 aliphatic heterocycles. The van der Waals surface area contributed by atoms with E-state index in [1.807, 2.05) is 24.3 Å². The van der Waals surface area contributed by atoms with Crippen LogP contribution in [0.25, 0.3) is 0 Å². The standard InChI is InChI=1S/C16H24N2O3.ClH/c1-20-9-10-21-14-6-4-5-13(11-14)12-18-16(19)15-7-2-3-8-17-15;/h4-6,11,15,17H,2-3,7-10,12H2,1H3,(H,18,19);1H. The lowest BCUT2D eigenvalue weighted by Crippen LogP contribution is -2.46. The summed E-state index contributed by atoms with van der Waals surface area (Å²) in [5.41, 5.74) is 1.04. The minimum Gasteiger partial charge on any atom is -0.491 e. The van der Waals surface area contributed by atoms with Crippen molar-refractivity contribution in [3.05, 3.63) is 29.8 Å². The molecule has 1 fully saturated rings. The molecule has 0 radical (unpaired) electrons. The molecule has 1 unspecified atom stereocenters. The van der Waals surface area contributed by atoms with Crippen LogP contribution in [-0.2, 0) is 16.1 Å². The predicted molar refractivity (Wildman–Crippen MR) is 88.5 cm³/mol. The number of carbonyl (C=O) groups excluding carboxylic acids is 1. The number of hydrogen-bond donors (Lipinski definition) is 2. The van der Waals surface area contributed by atoms with E-state index >= 15 is 0 Å². The molecule has 0 aliphatic carbocycles.